The summed E-state index contributed by atoms with van der Waals surface area (Å²) in [6.45, 7) is 1.96. The summed E-state index contributed by atoms with van der Waals surface area (Å²) in [5.41, 5.74) is 0.898. The minimum atomic E-state index is -0.615. The van der Waals surface area contributed by atoms with Crippen molar-refractivity contribution in [3.05, 3.63) is 35.9 Å². The summed E-state index contributed by atoms with van der Waals surface area (Å²) < 4.78 is 4.57. The molecule has 0 aliphatic carbocycles. The van der Waals surface area contributed by atoms with E-state index in [1.165, 1.54) is 7.11 Å². The van der Waals surface area contributed by atoms with Gasteiger partial charge in [0.05, 0.1) is 13.7 Å². The van der Waals surface area contributed by atoms with E-state index in [0.29, 0.717) is 0 Å². The first-order valence-corrected chi connectivity index (χ1v) is 5.11. The van der Waals surface area contributed by atoms with Crippen LogP contribution >= 0.6 is 0 Å². The lowest BCUT2D eigenvalue weighted by atomic mass is 10.2. The normalized spacial score (nSPS) is 9.62. The molecule has 1 aromatic rings. The summed E-state index contributed by atoms with van der Waals surface area (Å²) in [5, 5.41) is 0. The van der Waals surface area contributed by atoms with Gasteiger partial charge in [-0.05, 0) is 5.56 Å². The molecule has 0 radical (unpaired) electrons. The highest BCUT2D eigenvalue weighted by molar-refractivity contribution is 5.91. The van der Waals surface area contributed by atoms with Gasteiger partial charge in [-0.3, -0.25) is 4.79 Å². The van der Waals surface area contributed by atoms with Crippen LogP contribution in [-0.4, -0.2) is 24.0 Å². The number of nitrogens with zero attached hydrogens (tertiary/aromatic N) is 1. The lowest BCUT2D eigenvalue weighted by Gasteiger charge is -2.18. The Kier molecular flexibility index (Phi) is 4.51. The third-order valence-electron chi connectivity index (χ3n) is 2.18. The van der Waals surface area contributed by atoms with Crippen molar-refractivity contribution in [1.82, 2.24) is 4.90 Å². The first-order chi connectivity index (χ1) is 7.69. The van der Waals surface area contributed by atoms with Crippen molar-refractivity contribution < 1.29 is 14.3 Å². The van der Waals surface area contributed by atoms with Crippen molar-refractivity contribution in [2.45, 2.75) is 19.9 Å². The monoisotopic (exact) mass is 221 g/mol. The van der Waals surface area contributed by atoms with Crippen LogP contribution in [0.2, 0.25) is 0 Å². The van der Waals surface area contributed by atoms with Crippen molar-refractivity contribution in [3.63, 3.8) is 0 Å². The van der Waals surface area contributed by atoms with Crippen LogP contribution in [0.1, 0.15) is 18.9 Å². The van der Waals surface area contributed by atoms with Gasteiger partial charge in [-0.25, -0.2) is 9.69 Å². The number of benzene rings is 1. The predicted octanol–water partition coefficient (Wildman–Crippen LogP) is 2.19. The molecule has 0 heterocycles. The Morgan fingerprint density at radius 2 is 1.88 bits per heavy atom. The number of hydrogen-bond acceptors (Lipinski definition) is 3. The first kappa shape index (κ1) is 12.2. The Hall–Kier alpha value is -1.84. The standard InChI is InChI=1S/C12H15NO3/c1-3-11(14)13(12(15)16-2)9-10-7-5-4-6-8-10/h4-8H,3,9H2,1-2H3. The maximum Gasteiger partial charge on any atom is 0.416 e. The van der Waals surface area contributed by atoms with Crippen LogP contribution in [0.3, 0.4) is 0 Å². The van der Waals surface area contributed by atoms with Gasteiger partial charge < -0.3 is 4.74 Å². The molecule has 0 unspecified atom stereocenters. The van der Waals surface area contributed by atoms with Gasteiger partial charge in [0, 0.05) is 6.42 Å². The molecule has 0 saturated carbocycles. The van der Waals surface area contributed by atoms with E-state index in [1.807, 2.05) is 30.3 Å². The largest absolute Gasteiger partial charge is 0.452 e. The topological polar surface area (TPSA) is 46.6 Å². The van der Waals surface area contributed by atoms with E-state index in [0.717, 1.165) is 10.5 Å². The van der Waals surface area contributed by atoms with Crippen molar-refractivity contribution >= 4 is 12.0 Å². The summed E-state index contributed by atoms with van der Waals surface area (Å²) in [7, 11) is 1.27. The molecule has 4 nitrogen and oxygen atoms in total. The summed E-state index contributed by atoms with van der Waals surface area (Å²) in [6.07, 6.45) is -0.335. The number of rotatable bonds is 3. The summed E-state index contributed by atoms with van der Waals surface area (Å²) >= 11 is 0. The molecule has 0 bridgehead atoms. The van der Waals surface area contributed by atoms with Crippen molar-refractivity contribution in [3.8, 4) is 0 Å². The van der Waals surface area contributed by atoms with Crippen LogP contribution in [0.4, 0.5) is 4.79 Å². The van der Waals surface area contributed by atoms with Crippen LogP contribution in [0.15, 0.2) is 30.3 Å². The number of hydrogen-bond donors (Lipinski definition) is 0. The molecule has 0 fully saturated rings. The smallest absolute Gasteiger partial charge is 0.416 e. The van der Waals surface area contributed by atoms with Gasteiger partial charge in [-0.15, -0.1) is 0 Å². The molecule has 0 N–H and O–H groups in total. The van der Waals surface area contributed by atoms with Gasteiger partial charge in [-0.1, -0.05) is 37.3 Å². The molecule has 0 saturated heterocycles. The van der Waals surface area contributed by atoms with Crippen LogP contribution < -0.4 is 0 Å². The molecule has 1 aromatic carbocycles. The van der Waals surface area contributed by atoms with Gasteiger partial charge in [-0.2, -0.15) is 0 Å². The lowest BCUT2D eigenvalue weighted by Crippen LogP contribution is -2.35. The van der Waals surface area contributed by atoms with E-state index in [1.54, 1.807) is 6.92 Å². The van der Waals surface area contributed by atoms with E-state index >= 15 is 0 Å². The van der Waals surface area contributed by atoms with Crippen molar-refractivity contribution in [1.29, 1.82) is 0 Å². The fraction of sp³-hybridized carbons (Fsp3) is 0.333. The molecule has 0 spiro atoms. The van der Waals surface area contributed by atoms with E-state index < -0.39 is 6.09 Å². The zero-order chi connectivity index (χ0) is 12.0. The number of imide groups is 1. The van der Waals surface area contributed by atoms with Crippen molar-refractivity contribution in [2.24, 2.45) is 0 Å². The molecule has 1 rings (SSSR count). The average molecular weight is 221 g/mol. The van der Waals surface area contributed by atoms with Crippen LogP contribution in [0, 0.1) is 0 Å². The Morgan fingerprint density at radius 3 is 2.38 bits per heavy atom. The zero-order valence-electron chi connectivity index (χ0n) is 9.47. The summed E-state index contributed by atoms with van der Waals surface area (Å²) in [6, 6.07) is 9.33. The zero-order valence-corrected chi connectivity index (χ0v) is 9.47. The Balaban J connectivity index is 2.79. The third kappa shape index (κ3) is 3.08. The molecule has 4 heteroatoms. The summed E-state index contributed by atoms with van der Waals surface area (Å²) in [5.74, 6) is -0.240. The number of amides is 2. The molecule has 86 valence electrons. The molecular weight excluding hydrogens is 206 g/mol. The van der Waals surface area contributed by atoms with Crippen LogP contribution in [-0.2, 0) is 16.1 Å². The van der Waals surface area contributed by atoms with E-state index in [9.17, 15) is 9.59 Å². The fourth-order valence-corrected chi connectivity index (χ4v) is 1.32. The van der Waals surface area contributed by atoms with Crippen LogP contribution in [0.25, 0.3) is 0 Å². The molecule has 0 aliphatic heterocycles. The minimum absolute atomic E-state index is 0.240. The highest BCUT2D eigenvalue weighted by atomic mass is 16.5. The number of ether oxygens (including phenoxy) is 1. The highest BCUT2D eigenvalue weighted by Crippen LogP contribution is 2.07. The van der Waals surface area contributed by atoms with Gasteiger partial charge in [0.15, 0.2) is 0 Å². The molecule has 2 amide bonds. The van der Waals surface area contributed by atoms with Gasteiger partial charge in [0.25, 0.3) is 0 Å². The second kappa shape index (κ2) is 5.90. The van der Waals surface area contributed by atoms with Gasteiger partial charge in [0.2, 0.25) is 5.91 Å². The molecule has 0 aromatic heterocycles. The SMILES string of the molecule is CCC(=O)N(Cc1ccccc1)C(=O)OC. The van der Waals surface area contributed by atoms with E-state index in [4.69, 9.17) is 0 Å². The van der Waals surface area contributed by atoms with E-state index in [2.05, 4.69) is 4.74 Å². The fourth-order valence-electron chi connectivity index (χ4n) is 1.32. The van der Waals surface area contributed by atoms with Crippen molar-refractivity contribution in [2.75, 3.05) is 7.11 Å². The van der Waals surface area contributed by atoms with Gasteiger partial charge >= 0.3 is 6.09 Å². The second-order valence-electron chi connectivity index (χ2n) is 3.29. The van der Waals surface area contributed by atoms with Crippen LogP contribution in [0.5, 0.6) is 0 Å². The Labute approximate surface area is 94.8 Å². The molecule has 0 aliphatic rings. The maximum absolute atomic E-state index is 11.5. The Bertz CT molecular complexity index is 346. The molecular formula is C12H15NO3. The van der Waals surface area contributed by atoms with Gasteiger partial charge in [0.1, 0.15) is 0 Å². The number of carbonyl (C=O) groups excluding carboxylic acids is 2. The third-order valence-corrected chi connectivity index (χ3v) is 2.18. The Morgan fingerprint density at radius 1 is 1.25 bits per heavy atom. The summed E-state index contributed by atoms with van der Waals surface area (Å²) in [4.78, 5) is 24.0. The maximum atomic E-state index is 11.5. The number of carbonyl (C=O) groups is 2. The lowest BCUT2D eigenvalue weighted by molar-refractivity contribution is -0.129. The highest BCUT2D eigenvalue weighted by Gasteiger charge is 2.20. The average Bonchev–Trinajstić information content (AvgIpc) is 2.35. The molecule has 16 heavy (non-hydrogen) atoms. The number of methoxy groups -OCH3 is 1. The minimum Gasteiger partial charge on any atom is -0.452 e. The first-order valence-electron chi connectivity index (χ1n) is 5.11. The second-order valence-corrected chi connectivity index (χ2v) is 3.29. The molecule has 0 atom stereocenters. The quantitative estimate of drug-likeness (QED) is 0.786. The predicted molar refractivity (Wildman–Crippen MR) is 59.7 cm³/mol. The van der Waals surface area contributed by atoms with E-state index in [-0.39, 0.29) is 18.9 Å².